The maximum atomic E-state index is 13.3. The van der Waals surface area contributed by atoms with E-state index in [9.17, 15) is 14.4 Å². The summed E-state index contributed by atoms with van der Waals surface area (Å²) in [5.41, 5.74) is 0. The molecule has 38 heavy (non-hydrogen) atoms. The second kappa shape index (κ2) is 20.3. The first-order valence-corrected chi connectivity index (χ1v) is 16.6. The Morgan fingerprint density at radius 2 is 1.39 bits per heavy atom. The van der Waals surface area contributed by atoms with Crippen LogP contribution in [0, 0.1) is 0 Å². The van der Waals surface area contributed by atoms with E-state index in [1.54, 1.807) is 6.20 Å². The molecule has 0 bridgehead atoms. The normalized spacial score (nSPS) is 15.8. The summed E-state index contributed by atoms with van der Waals surface area (Å²) in [5.74, 6) is 0.768. The van der Waals surface area contributed by atoms with E-state index in [0.29, 0.717) is 23.0 Å². The summed E-state index contributed by atoms with van der Waals surface area (Å²) in [6.45, 7) is 12.9. The predicted molar refractivity (Wildman–Crippen MR) is 162 cm³/mol. The van der Waals surface area contributed by atoms with E-state index in [1.165, 1.54) is 75.5 Å². The van der Waals surface area contributed by atoms with Crippen LogP contribution in [0.15, 0.2) is 10.4 Å². The lowest BCUT2D eigenvalue weighted by Crippen LogP contribution is -2.50. The van der Waals surface area contributed by atoms with Gasteiger partial charge in [-0.3, -0.25) is 10.1 Å². The number of aromatic nitrogens is 1. The minimum absolute atomic E-state index is 0.0165. The highest BCUT2D eigenvalue weighted by Crippen LogP contribution is 2.32. The summed E-state index contributed by atoms with van der Waals surface area (Å²) in [6.07, 6.45) is 15.7. The number of nitrogens with zero attached hydrogens (tertiary/aromatic N) is 3. The van der Waals surface area contributed by atoms with Gasteiger partial charge in [-0.15, -0.1) is 11.8 Å². The fourth-order valence-electron chi connectivity index (χ4n) is 5.01. The smallest absolute Gasteiger partial charge is 0.324 e. The predicted octanol–water partition coefficient (Wildman–Crippen LogP) is 8.00. The van der Waals surface area contributed by atoms with Crippen LogP contribution in [-0.4, -0.2) is 63.4 Å². The molecular weight excluding hydrogens is 516 g/mol. The van der Waals surface area contributed by atoms with Crippen molar-refractivity contribution in [1.82, 2.24) is 14.8 Å². The first-order chi connectivity index (χ1) is 18.3. The number of carbonyl (C=O) groups is 3. The first-order valence-electron chi connectivity index (χ1n) is 14.8. The summed E-state index contributed by atoms with van der Waals surface area (Å²) < 4.78 is 0.975. The molecule has 1 heterocycles. The maximum absolute atomic E-state index is 13.3. The average Bonchev–Trinajstić information content (AvgIpc) is 3.36. The molecule has 1 N–H and O–H groups in total. The Bertz CT molecular complexity index is 777. The molecule has 0 atom stereocenters. The number of carbonyl (C=O) groups excluding carboxylic acids is 3. The Hall–Kier alpha value is -1.61. The van der Waals surface area contributed by atoms with Crippen LogP contribution < -0.4 is 5.32 Å². The van der Waals surface area contributed by atoms with Crippen LogP contribution in [-0.2, 0) is 9.59 Å². The van der Waals surface area contributed by atoms with Crippen LogP contribution in [0.3, 0.4) is 0 Å². The van der Waals surface area contributed by atoms with Crippen molar-refractivity contribution in [2.24, 2.45) is 0 Å². The lowest BCUT2D eigenvalue weighted by Gasteiger charge is -2.41. The monoisotopic (exact) mass is 568 g/mol. The molecule has 0 radical (unpaired) electrons. The van der Waals surface area contributed by atoms with Crippen molar-refractivity contribution in [3.8, 4) is 0 Å². The van der Waals surface area contributed by atoms with E-state index in [1.807, 2.05) is 18.7 Å². The summed E-state index contributed by atoms with van der Waals surface area (Å²) >= 11 is 3.00. The van der Waals surface area contributed by atoms with Crippen molar-refractivity contribution in [2.45, 2.75) is 135 Å². The molecule has 0 spiro atoms. The number of hydrogen-bond acceptors (Lipinski definition) is 6. The summed E-state index contributed by atoms with van der Waals surface area (Å²) in [7, 11) is 0. The lowest BCUT2D eigenvalue weighted by atomic mass is 9.89. The van der Waals surface area contributed by atoms with Crippen LogP contribution in [0.4, 0.5) is 9.93 Å². The largest absolute Gasteiger partial charge is 0.342 e. The summed E-state index contributed by atoms with van der Waals surface area (Å²) in [4.78, 5) is 43.9. The zero-order valence-electron chi connectivity index (χ0n) is 24.7. The second-order valence-electron chi connectivity index (χ2n) is 9.98. The molecule has 7 nitrogen and oxygen atoms in total. The van der Waals surface area contributed by atoms with E-state index in [2.05, 4.69) is 29.0 Å². The van der Waals surface area contributed by atoms with Crippen molar-refractivity contribution in [2.75, 3.05) is 24.2 Å². The zero-order valence-corrected chi connectivity index (χ0v) is 26.4. The molecule has 9 heteroatoms. The zero-order chi connectivity index (χ0) is 28.3. The number of anilines is 1. The molecule has 0 unspecified atom stereocenters. The topological polar surface area (TPSA) is 82.6 Å². The third kappa shape index (κ3) is 13.0. The van der Waals surface area contributed by atoms with Gasteiger partial charge in [0.15, 0.2) is 5.13 Å². The quantitative estimate of drug-likeness (QED) is 0.289. The molecule has 2 aliphatic carbocycles. The van der Waals surface area contributed by atoms with E-state index < -0.39 is 0 Å². The van der Waals surface area contributed by atoms with Gasteiger partial charge in [-0.2, -0.15) is 0 Å². The number of amides is 3. The number of thiazole rings is 1. The number of nitrogens with one attached hydrogen (secondary N) is 1. The SMILES string of the molecule is CC.CC(C)=O.CCCN(CCC)C(=O)CSc1cnc(NC(=O)N(C2CCCCC2)C2CCCCC2)s1. The van der Waals surface area contributed by atoms with Gasteiger partial charge in [-0.05, 0) is 52.4 Å². The van der Waals surface area contributed by atoms with Gasteiger partial charge in [0.2, 0.25) is 5.91 Å². The molecule has 1 aromatic rings. The van der Waals surface area contributed by atoms with Gasteiger partial charge in [0, 0.05) is 25.2 Å². The third-order valence-electron chi connectivity index (χ3n) is 6.55. The molecule has 2 aliphatic rings. The Morgan fingerprint density at radius 3 is 1.84 bits per heavy atom. The molecule has 1 aromatic heterocycles. The second-order valence-corrected chi connectivity index (χ2v) is 12.3. The van der Waals surface area contributed by atoms with Crippen LogP contribution in [0.25, 0.3) is 0 Å². The number of Topliss-reactive ketones (excluding diaryl/α,β-unsaturated/α-hetero) is 1. The van der Waals surface area contributed by atoms with Crippen LogP contribution >= 0.6 is 23.1 Å². The number of rotatable bonds is 10. The number of thioether (sulfide) groups is 1. The minimum atomic E-state index is 0.0165. The summed E-state index contributed by atoms with van der Waals surface area (Å²) in [6, 6.07) is 0.741. The van der Waals surface area contributed by atoms with Gasteiger partial charge in [0.1, 0.15) is 5.78 Å². The van der Waals surface area contributed by atoms with Gasteiger partial charge in [-0.1, -0.05) is 77.6 Å². The van der Waals surface area contributed by atoms with Crippen molar-refractivity contribution >= 4 is 46.0 Å². The van der Waals surface area contributed by atoms with Crippen molar-refractivity contribution in [3.05, 3.63) is 6.20 Å². The molecule has 218 valence electrons. The molecule has 2 saturated carbocycles. The van der Waals surface area contributed by atoms with Gasteiger partial charge in [0.05, 0.1) is 16.2 Å². The Labute approximate surface area is 239 Å². The van der Waals surface area contributed by atoms with Gasteiger partial charge in [0.25, 0.3) is 0 Å². The lowest BCUT2D eigenvalue weighted by molar-refractivity contribution is -0.128. The Morgan fingerprint density at radius 1 is 0.921 bits per heavy atom. The average molecular weight is 569 g/mol. The maximum Gasteiger partial charge on any atom is 0.324 e. The highest BCUT2D eigenvalue weighted by atomic mass is 32.2. The van der Waals surface area contributed by atoms with Crippen molar-refractivity contribution < 1.29 is 14.4 Å². The van der Waals surface area contributed by atoms with E-state index in [0.717, 1.165) is 55.8 Å². The van der Waals surface area contributed by atoms with E-state index in [-0.39, 0.29) is 17.7 Å². The highest BCUT2D eigenvalue weighted by Gasteiger charge is 2.32. The Balaban J connectivity index is 0.00000110. The summed E-state index contributed by atoms with van der Waals surface area (Å²) in [5, 5.41) is 3.73. The Kier molecular flexibility index (Phi) is 18.4. The van der Waals surface area contributed by atoms with E-state index in [4.69, 9.17) is 0 Å². The molecule has 0 saturated heterocycles. The fourth-order valence-corrected chi connectivity index (χ4v) is 6.78. The molecule has 0 aliphatic heterocycles. The van der Waals surface area contributed by atoms with E-state index >= 15 is 0 Å². The first kappa shape index (κ1) is 34.4. The highest BCUT2D eigenvalue weighted by molar-refractivity contribution is 8.01. The van der Waals surface area contributed by atoms with Gasteiger partial charge in [-0.25, -0.2) is 9.78 Å². The van der Waals surface area contributed by atoms with Crippen LogP contribution in [0.5, 0.6) is 0 Å². The molecule has 2 fully saturated rings. The number of urea groups is 1. The molecular formula is C29H52N4O3S2. The minimum Gasteiger partial charge on any atom is -0.342 e. The molecule has 3 rings (SSSR count). The van der Waals surface area contributed by atoms with Crippen LogP contribution in [0.2, 0.25) is 0 Å². The molecule has 0 aromatic carbocycles. The van der Waals surface area contributed by atoms with Crippen molar-refractivity contribution in [1.29, 1.82) is 0 Å². The number of hydrogen-bond donors (Lipinski definition) is 1. The van der Waals surface area contributed by atoms with Gasteiger partial charge >= 0.3 is 6.03 Å². The molecule has 3 amide bonds. The van der Waals surface area contributed by atoms with Crippen molar-refractivity contribution in [3.63, 3.8) is 0 Å². The third-order valence-corrected chi connectivity index (χ3v) is 8.64. The van der Waals surface area contributed by atoms with Crippen LogP contribution in [0.1, 0.15) is 119 Å². The fraction of sp³-hybridized carbons (Fsp3) is 0.793. The van der Waals surface area contributed by atoms with Gasteiger partial charge < -0.3 is 14.6 Å². The standard InChI is InChI=1S/C24H40N4O2S2.C3H6O.C2H6/c1-3-15-27(16-4-2)21(29)18-31-22-17-25-23(32-22)26-24(30)28(19-11-7-5-8-12-19)20-13-9-6-10-14-20;1-3(2)4;1-2/h17,19-20H,3-16,18H2,1-2H3,(H,25,26,30);1-2H3;1-2H3. The number of ketones is 1.